The highest BCUT2D eigenvalue weighted by Gasteiger charge is 2.29. The van der Waals surface area contributed by atoms with Gasteiger partial charge in [-0.2, -0.15) is 0 Å². The lowest BCUT2D eigenvalue weighted by atomic mass is 10.1. The number of aliphatic hydroxyl groups is 2. The highest BCUT2D eigenvalue weighted by atomic mass is 32.1. The number of rotatable bonds is 5. The van der Waals surface area contributed by atoms with Gasteiger partial charge in [-0.3, -0.25) is 14.3 Å². The van der Waals surface area contributed by atoms with E-state index >= 15 is 0 Å². The fourth-order valence-electron chi connectivity index (χ4n) is 2.21. The molecular formula is C16H29N3O6S. The third-order valence-electron chi connectivity index (χ3n) is 3.65. The number of nitrogens with zero attached hydrogens (tertiary/aromatic N) is 1. The zero-order valence-electron chi connectivity index (χ0n) is 15.5. The van der Waals surface area contributed by atoms with E-state index in [1.54, 1.807) is 12.3 Å². The number of aliphatic hydroxyl groups excluding tert-OH is 2. The van der Waals surface area contributed by atoms with Gasteiger partial charge in [-0.05, 0) is 24.8 Å². The molecule has 0 aromatic carbocycles. The number of nitrogens with two attached hydrogens (primary N) is 1. The average molecular weight is 391 g/mol. The molecule has 2 heterocycles. The van der Waals surface area contributed by atoms with E-state index in [-0.39, 0.29) is 30.5 Å². The fraction of sp³-hybridized carbons (Fsp3) is 0.688. The molecule has 1 aliphatic rings. The topological polar surface area (TPSA) is 140 Å². The number of carbonyl (C=O) groups is 1. The van der Waals surface area contributed by atoms with Gasteiger partial charge in [0.25, 0.3) is 0 Å². The zero-order chi connectivity index (χ0) is 20.3. The summed E-state index contributed by atoms with van der Waals surface area (Å²) in [5, 5.41) is 14.0. The van der Waals surface area contributed by atoms with E-state index in [1.807, 2.05) is 13.8 Å². The van der Waals surface area contributed by atoms with Crippen molar-refractivity contribution in [3.8, 4) is 0 Å². The van der Waals surface area contributed by atoms with Crippen LogP contribution in [0.25, 0.3) is 0 Å². The Hall–Kier alpha value is -1.59. The van der Waals surface area contributed by atoms with E-state index in [1.165, 1.54) is 4.57 Å². The van der Waals surface area contributed by atoms with Crippen molar-refractivity contribution in [3.05, 3.63) is 27.4 Å². The van der Waals surface area contributed by atoms with Gasteiger partial charge in [-0.1, -0.05) is 26.1 Å². The summed E-state index contributed by atoms with van der Waals surface area (Å²) in [6, 6.07) is 1.00. The molecule has 3 atom stereocenters. The standard InChI is InChI=1S/C14H21N3O4S.2CH4O/c1-8(2)12(15)13(18)20-7-9-3-4-11(21-9)17-6-5-10(22)16-14(17)19;2*1-2/h5-6,8-9,11-12H,3-4,7,15H2,1-2H3,(H,16,19,22);2*2H,1H3. The Kier molecular flexibility index (Phi) is 11.9. The minimum Gasteiger partial charge on any atom is -0.462 e. The highest BCUT2D eigenvalue weighted by Crippen LogP contribution is 2.27. The van der Waals surface area contributed by atoms with Crippen molar-refractivity contribution >= 4 is 18.2 Å². The van der Waals surface area contributed by atoms with Gasteiger partial charge in [-0.25, -0.2) is 4.79 Å². The number of hydrogen-bond donors (Lipinski definition) is 4. The fourth-order valence-corrected chi connectivity index (χ4v) is 2.36. The first kappa shape index (κ1) is 24.4. The number of hydrogen-bond acceptors (Lipinski definition) is 8. The van der Waals surface area contributed by atoms with Crippen LogP contribution in [0.5, 0.6) is 0 Å². The Labute approximate surface area is 157 Å². The predicted molar refractivity (Wildman–Crippen MR) is 99.1 cm³/mol. The van der Waals surface area contributed by atoms with Crippen LogP contribution in [0.3, 0.4) is 0 Å². The summed E-state index contributed by atoms with van der Waals surface area (Å²) in [7, 11) is 2.00. The number of aromatic amines is 1. The van der Waals surface area contributed by atoms with Crippen LogP contribution < -0.4 is 11.4 Å². The number of nitrogens with one attached hydrogen (secondary N) is 1. The summed E-state index contributed by atoms with van der Waals surface area (Å²) < 4.78 is 12.8. The Morgan fingerprint density at radius 3 is 2.58 bits per heavy atom. The third kappa shape index (κ3) is 7.34. The van der Waals surface area contributed by atoms with Crippen LogP contribution in [-0.4, -0.2) is 58.7 Å². The average Bonchev–Trinajstić information content (AvgIpc) is 3.11. The van der Waals surface area contributed by atoms with Crippen LogP contribution in [-0.2, 0) is 14.3 Å². The second kappa shape index (κ2) is 12.7. The van der Waals surface area contributed by atoms with Gasteiger partial charge in [0.1, 0.15) is 23.5 Å². The second-order valence-corrected chi connectivity index (χ2v) is 6.15. The molecule has 0 amide bonds. The van der Waals surface area contributed by atoms with Crippen LogP contribution in [0.2, 0.25) is 0 Å². The summed E-state index contributed by atoms with van der Waals surface area (Å²) in [6.45, 7) is 3.87. The first-order valence-electron chi connectivity index (χ1n) is 8.17. The summed E-state index contributed by atoms with van der Waals surface area (Å²) in [5.74, 6) is -0.404. The largest absolute Gasteiger partial charge is 0.462 e. The number of esters is 1. The summed E-state index contributed by atoms with van der Waals surface area (Å²) >= 11 is 4.89. The van der Waals surface area contributed by atoms with Crippen molar-refractivity contribution in [2.24, 2.45) is 11.7 Å². The van der Waals surface area contributed by atoms with Crippen molar-refractivity contribution in [3.63, 3.8) is 0 Å². The van der Waals surface area contributed by atoms with E-state index < -0.39 is 12.0 Å². The zero-order valence-corrected chi connectivity index (χ0v) is 16.4. The minimum absolute atomic E-state index is 0.0239. The summed E-state index contributed by atoms with van der Waals surface area (Å²) in [4.78, 5) is 26.1. The molecule has 2 rings (SSSR count). The van der Waals surface area contributed by atoms with E-state index in [0.29, 0.717) is 17.5 Å². The summed E-state index contributed by atoms with van der Waals surface area (Å²) in [6.07, 6.45) is 2.37. The first-order chi connectivity index (χ1) is 12.4. The van der Waals surface area contributed by atoms with Crippen LogP contribution in [0.4, 0.5) is 0 Å². The van der Waals surface area contributed by atoms with Crippen LogP contribution in [0.15, 0.2) is 17.1 Å². The minimum atomic E-state index is -0.631. The van der Waals surface area contributed by atoms with Gasteiger partial charge in [0.05, 0.1) is 6.10 Å². The molecule has 0 radical (unpaired) electrons. The van der Waals surface area contributed by atoms with Gasteiger partial charge >= 0.3 is 11.7 Å². The number of carbonyl (C=O) groups excluding carboxylic acids is 1. The predicted octanol–water partition coefficient (Wildman–Crippen LogP) is 0.327. The molecule has 1 saturated heterocycles. The number of H-pyrrole nitrogens is 1. The van der Waals surface area contributed by atoms with Crippen molar-refractivity contribution in [2.45, 2.75) is 45.1 Å². The SMILES string of the molecule is CC(C)C(N)C(=O)OCC1CCC(n2ccc(=S)[nH]c2=O)O1.CO.CO. The molecule has 0 bridgehead atoms. The molecule has 3 unspecified atom stereocenters. The van der Waals surface area contributed by atoms with Gasteiger partial charge < -0.3 is 25.4 Å². The third-order valence-corrected chi connectivity index (χ3v) is 3.89. The summed E-state index contributed by atoms with van der Waals surface area (Å²) in [5.41, 5.74) is 5.41. The van der Waals surface area contributed by atoms with E-state index in [4.69, 9.17) is 37.6 Å². The lowest BCUT2D eigenvalue weighted by Gasteiger charge is -2.18. The molecule has 9 nitrogen and oxygen atoms in total. The molecule has 1 aromatic rings. The first-order valence-corrected chi connectivity index (χ1v) is 8.58. The van der Waals surface area contributed by atoms with Crippen molar-refractivity contribution in [1.82, 2.24) is 9.55 Å². The Morgan fingerprint density at radius 2 is 2.04 bits per heavy atom. The van der Waals surface area contributed by atoms with Gasteiger partial charge in [-0.15, -0.1) is 0 Å². The normalized spacial score (nSPS) is 19.7. The van der Waals surface area contributed by atoms with Gasteiger partial charge in [0.15, 0.2) is 0 Å². The quantitative estimate of drug-likeness (QED) is 0.416. The molecule has 1 aliphatic heterocycles. The molecule has 5 N–H and O–H groups in total. The molecule has 10 heteroatoms. The van der Waals surface area contributed by atoms with Crippen LogP contribution >= 0.6 is 12.2 Å². The molecule has 150 valence electrons. The van der Waals surface area contributed by atoms with Crippen LogP contribution in [0, 0.1) is 10.6 Å². The lowest BCUT2D eigenvalue weighted by Crippen LogP contribution is -2.38. The number of ether oxygens (including phenoxy) is 2. The van der Waals surface area contributed by atoms with Gasteiger partial charge in [0.2, 0.25) is 0 Å². The molecule has 0 saturated carbocycles. The molecule has 0 aliphatic carbocycles. The molecule has 0 spiro atoms. The van der Waals surface area contributed by atoms with E-state index in [0.717, 1.165) is 14.2 Å². The van der Waals surface area contributed by atoms with Crippen molar-refractivity contribution in [1.29, 1.82) is 0 Å². The Bertz CT molecular complexity index is 645. The molecule has 26 heavy (non-hydrogen) atoms. The maximum Gasteiger partial charge on any atom is 0.328 e. The molecule has 1 aromatic heterocycles. The van der Waals surface area contributed by atoms with Crippen molar-refractivity contribution < 1.29 is 24.5 Å². The molecular weight excluding hydrogens is 362 g/mol. The monoisotopic (exact) mass is 391 g/mol. The Morgan fingerprint density at radius 1 is 1.42 bits per heavy atom. The number of aromatic nitrogens is 2. The lowest BCUT2D eigenvalue weighted by molar-refractivity contribution is -0.151. The molecule has 1 fully saturated rings. The van der Waals surface area contributed by atoms with Crippen molar-refractivity contribution in [2.75, 3.05) is 20.8 Å². The Balaban J connectivity index is 0.00000146. The second-order valence-electron chi connectivity index (χ2n) is 5.71. The smallest absolute Gasteiger partial charge is 0.328 e. The van der Waals surface area contributed by atoms with E-state index in [9.17, 15) is 9.59 Å². The maximum absolute atomic E-state index is 11.8. The van der Waals surface area contributed by atoms with E-state index in [2.05, 4.69) is 4.98 Å². The highest BCUT2D eigenvalue weighted by molar-refractivity contribution is 7.71. The van der Waals surface area contributed by atoms with Gasteiger partial charge in [0, 0.05) is 20.4 Å². The van der Waals surface area contributed by atoms with Crippen LogP contribution in [0.1, 0.15) is 32.9 Å². The maximum atomic E-state index is 11.8.